The van der Waals surface area contributed by atoms with Gasteiger partial charge < -0.3 is 9.47 Å². The molecule has 4 aromatic rings. The number of halogens is 2. The van der Waals surface area contributed by atoms with Gasteiger partial charge in [0.15, 0.2) is 5.82 Å². The molecule has 0 atom stereocenters. The number of unbranched alkanes of at least 4 members (excludes halogenated alkanes) is 1. The standard InChI is InChI=1S/C23H26Cl2N8/c1-2-3-8-33-23(27-28-29-33)21-13-17-6-4-5-7-20(17)32(21)16-30-9-11-31(12-10-30)22-18(24)14-26-15-19(22)25/h4-7,13-15H,2-3,8-12,16H2,1H3. The fourth-order valence-electron chi connectivity index (χ4n) is 4.41. The number of para-hydroxylation sites is 1. The fraction of sp³-hybridized carbons (Fsp3) is 0.391. The molecule has 1 aliphatic rings. The van der Waals surface area contributed by atoms with Crippen molar-refractivity contribution < 1.29 is 0 Å². The van der Waals surface area contributed by atoms with Crippen LogP contribution in [0, 0.1) is 0 Å². The van der Waals surface area contributed by atoms with Crippen molar-refractivity contribution in [1.82, 2.24) is 34.7 Å². The lowest BCUT2D eigenvalue weighted by molar-refractivity contribution is 0.210. The highest BCUT2D eigenvalue weighted by Crippen LogP contribution is 2.33. The van der Waals surface area contributed by atoms with E-state index in [2.05, 4.69) is 72.1 Å². The summed E-state index contributed by atoms with van der Waals surface area (Å²) in [6.45, 7) is 7.20. The SMILES string of the molecule is CCCCn1nnnc1-c1cc2ccccc2n1CN1CCN(c2c(Cl)cncc2Cl)CC1. The second kappa shape index (κ2) is 9.67. The summed E-state index contributed by atoms with van der Waals surface area (Å²) in [4.78, 5) is 8.75. The number of piperazine rings is 1. The number of rotatable bonds is 7. The van der Waals surface area contributed by atoms with Gasteiger partial charge in [0, 0.05) is 56.0 Å². The Morgan fingerprint density at radius 3 is 2.52 bits per heavy atom. The number of hydrogen-bond donors (Lipinski definition) is 0. The molecule has 4 heterocycles. The van der Waals surface area contributed by atoms with Crippen molar-refractivity contribution in [2.24, 2.45) is 0 Å². The number of anilines is 1. The molecular formula is C23H26Cl2N8. The van der Waals surface area contributed by atoms with E-state index in [4.69, 9.17) is 23.2 Å². The molecule has 33 heavy (non-hydrogen) atoms. The number of tetrazole rings is 1. The summed E-state index contributed by atoms with van der Waals surface area (Å²) in [6.07, 6.45) is 5.44. The number of fused-ring (bicyclic) bond motifs is 1. The van der Waals surface area contributed by atoms with Gasteiger partial charge in [0.2, 0.25) is 0 Å². The maximum Gasteiger partial charge on any atom is 0.198 e. The topological polar surface area (TPSA) is 67.9 Å². The van der Waals surface area contributed by atoms with E-state index < -0.39 is 0 Å². The summed E-state index contributed by atoms with van der Waals surface area (Å²) in [5.41, 5.74) is 3.09. The van der Waals surface area contributed by atoms with Crippen LogP contribution >= 0.6 is 23.2 Å². The van der Waals surface area contributed by atoms with E-state index in [0.29, 0.717) is 10.0 Å². The van der Waals surface area contributed by atoms with E-state index in [1.165, 1.54) is 10.9 Å². The highest BCUT2D eigenvalue weighted by atomic mass is 35.5. The molecule has 10 heteroatoms. The average Bonchev–Trinajstić information content (AvgIpc) is 3.43. The smallest absolute Gasteiger partial charge is 0.198 e. The molecule has 172 valence electrons. The minimum Gasteiger partial charge on any atom is -0.366 e. The van der Waals surface area contributed by atoms with Crippen molar-refractivity contribution in [2.45, 2.75) is 33.0 Å². The summed E-state index contributed by atoms with van der Waals surface area (Å²) in [7, 11) is 0. The third kappa shape index (κ3) is 4.43. The normalized spacial score (nSPS) is 14.9. The lowest BCUT2D eigenvalue weighted by atomic mass is 10.2. The Morgan fingerprint density at radius 2 is 1.76 bits per heavy atom. The Labute approximate surface area is 202 Å². The van der Waals surface area contributed by atoms with Crippen molar-refractivity contribution in [3.63, 3.8) is 0 Å². The van der Waals surface area contributed by atoms with Gasteiger partial charge in [-0.25, -0.2) is 4.68 Å². The van der Waals surface area contributed by atoms with Crippen LogP contribution in [-0.4, -0.2) is 60.8 Å². The predicted molar refractivity (Wildman–Crippen MR) is 132 cm³/mol. The molecule has 0 radical (unpaired) electrons. The van der Waals surface area contributed by atoms with Crippen LogP contribution in [0.15, 0.2) is 42.7 Å². The minimum absolute atomic E-state index is 0.591. The highest BCUT2D eigenvalue weighted by molar-refractivity contribution is 6.38. The molecule has 3 aromatic heterocycles. The Morgan fingerprint density at radius 1 is 1.00 bits per heavy atom. The van der Waals surface area contributed by atoms with E-state index in [1.54, 1.807) is 12.4 Å². The second-order valence-corrected chi connectivity index (χ2v) is 9.11. The van der Waals surface area contributed by atoms with E-state index in [0.717, 1.165) is 69.4 Å². The molecule has 0 saturated carbocycles. The van der Waals surface area contributed by atoms with Crippen LogP contribution in [0.2, 0.25) is 10.0 Å². The van der Waals surface area contributed by atoms with Gasteiger partial charge in [-0.3, -0.25) is 9.88 Å². The lowest BCUT2D eigenvalue weighted by Crippen LogP contribution is -2.47. The zero-order valence-electron chi connectivity index (χ0n) is 18.5. The first-order valence-electron chi connectivity index (χ1n) is 11.3. The maximum atomic E-state index is 6.38. The number of aryl methyl sites for hydroxylation is 1. The van der Waals surface area contributed by atoms with E-state index in [9.17, 15) is 0 Å². The van der Waals surface area contributed by atoms with Crippen LogP contribution in [-0.2, 0) is 13.2 Å². The Kier molecular flexibility index (Phi) is 6.48. The molecule has 0 aliphatic carbocycles. The molecule has 0 bridgehead atoms. The third-order valence-corrected chi connectivity index (χ3v) is 6.71. The van der Waals surface area contributed by atoms with Gasteiger partial charge in [0.05, 0.1) is 28.1 Å². The fourth-order valence-corrected chi connectivity index (χ4v) is 5.02. The Hall–Kier alpha value is -2.68. The van der Waals surface area contributed by atoms with Crippen LogP contribution in [0.3, 0.4) is 0 Å². The molecule has 0 amide bonds. The first kappa shape index (κ1) is 22.1. The van der Waals surface area contributed by atoms with Crippen molar-refractivity contribution in [3.8, 4) is 11.5 Å². The average molecular weight is 485 g/mol. The molecule has 0 N–H and O–H groups in total. The third-order valence-electron chi connectivity index (χ3n) is 6.15. The largest absolute Gasteiger partial charge is 0.366 e. The van der Waals surface area contributed by atoms with Gasteiger partial charge in [-0.05, 0) is 29.0 Å². The number of hydrogen-bond acceptors (Lipinski definition) is 6. The summed E-state index contributed by atoms with van der Waals surface area (Å²) in [5, 5.41) is 15.0. The molecule has 1 saturated heterocycles. The molecular weight excluding hydrogens is 459 g/mol. The van der Waals surface area contributed by atoms with Gasteiger partial charge in [-0.2, -0.15) is 0 Å². The summed E-state index contributed by atoms with van der Waals surface area (Å²) in [5.74, 6) is 0.814. The molecule has 0 unspecified atom stereocenters. The minimum atomic E-state index is 0.591. The van der Waals surface area contributed by atoms with Crippen LogP contribution in [0.1, 0.15) is 19.8 Å². The van der Waals surface area contributed by atoms with E-state index >= 15 is 0 Å². The Bertz CT molecular complexity index is 1220. The van der Waals surface area contributed by atoms with Crippen molar-refractivity contribution >= 4 is 39.8 Å². The van der Waals surface area contributed by atoms with Gasteiger partial charge in [-0.15, -0.1) is 5.10 Å². The quantitative estimate of drug-likeness (QED) is 0.382. The van der Waals surface area contributed by atoms with Crippen LogP contribution in [0.25, 0.3) is 22.4 Å². The monoisotopic (exact) mass is 484 g/mol. The molecule has 0 spiro atoms. The lowest BCUT2D eigenvalue weighted by Gasteiger charge is -2.37. The van der Waals surface area contributed by atoms with Crippen molar-refractivity contribution in [1.29, 1.82) is 0 Å². The van der Waals surface area contributed by atoms with Gasteiger partial charge >= 0.3 is 0 Å². The predicted octanol–water partition coefficient (Wildman–Crippen LogP) is 4.58. The van der Waals surface area contributed by atoms with Crippen LogP contribution < -0.4 is 4.90 Å². The van der Waals surface area contributed by atoms with Gasteiger partial charge in [-0.1, -0.05) is 54.7 Å². The second-order valence-electron chi connectivity index (χ2n) is 8.29. The molecule has 1 aromatic carbocycles. The molecule has 8 nitrogen and oxygen atoms in total. The maximum absolute atomic E-state index is 6.38. The highest BCUT2D eigenvalue weighted by Gasteiger charge is 2.23. The zero-order chi connectivity index (χ0) is 22.8. The van der Waals surface area contributed by atoms with Crippen molar-refractivity contribution in [2.75, 3.05) is 31.1 Å². The Balaban J connectivity index is 1.40. The molecule has 5 rings (SSSR count). The number of benzene rings is 1. The summed E-state index contributed by atoms with van der Waals surface area (Å²) >= 11 is 12.8. The van der Waals surface area contributed by atoms with Crippen molar-refractivity contribution in [3.05, 3.63) is 52.8 Å². The van der Waals surface area contributed by atoms with Gasteiger partial charge in [0.25, 0.3) is 0 Å². The molecule has 1 aliphatic heterocycles. The first-order chi connectivity index (χ1) is 16.2. The first-order valence-corrected chi connectivity index (χ1v) is 12.0. The van der Waals surface area contributed by atoms with Gasteiger partial charge in [0.1, 0.15) is 0 Å². The zero-order valence-corrected chi connectivity index (χ0v) is 20.0. The number of nitrogens with zero attached hydrogens (tertiary/aromatic N) is 8. The van der Waals surface area contributed by atoms with E-state index in [-0.39, 0.29) is 0 Å². The summed E-state index contributed by atoms with van der Waals surface area (Å²) in [6, 6.07) is 10.6. The number of pyridine rings is 1. The number of aromatic nitrogens is 6. The molecule has 1 fully saturated rings. The van der Waals surface area contributed by atoms with E-state index in [1.807, 2.05) is 4.68 Å². The van der Waals surface area contributed by atoms with Crippen LogP contribution in [0.4, 0.5) is 5.69 Å². The summed E-state index contributed by atoms with van der Waals surface area (Å²) < 4.78 is 4.24. The van der Waals surface area contributed by atoms with Crippen LogP contribution in [0.5, 0.6) is 0 Å².